The number of rotatable bonds is 5. The number of carbonyl (C=O) groups is 1. The van der Waals surface area contributed by atoms with Gasteiger partial charge in [0.2, 0.25) is 0 Å². The van der Waals surface area contributed by atoms with Crippen LogP contribution in [0.15, 0.2) is 42.5 Å². The number of benzene rings is 2. The molecule has 0 radical (unpaired) electrons. The van der Waals surface area contributed by atoms with Crippen LogP contribution in [0.1, 0.15) is 23.1 Å². The van der Waals surface area contributed by atoms with Gasteiger partial charge in [0.25, 0.3) is 5.91 Å². The molecule has 6 nitrogen and oxygen atoms in total. The highest BCUT2D eigenvalue weighted by Crippen LogP contribution is 2.42. The summed E-state index contributed by atoms with van der Waals surface area (Å²) in [6.07, 6.45) is 2.43. The molecule has 146 valence electrons. The number of hydrogen-bond acceptors (Lipinski definition) is 5. The third-order valence-electron chi connectivity index (χ3n) is 5.29. The standard InChI is InChI=1S/C22H24N2O4/c1-24-19-8-7-16(22(9-10-23)27-11-12-28-22)14-17(19)18(21(24)25)13-15-5-3-4-6-20(15)26-2/h3-8,13-14H,9-12,23H2,1-2H3/b18-13-. The quantitative estimate of drug-likeness (QED) is 0.808. The molecule has 1 amide bonds. The SMILES string of the molecule is COc1ccccc1/C=C1\C(=O)N(C)c2ccc(C3(CCN)OCCO3)cc21. The van der Waals surface area contributed by atoms with E-state index in [1.165, 1.54) is 0 Å². The topological polar surface area (TPSA) is 74.0 Å². The number of amides is 1. The summed E-state index contributed by atoms with van der Waals surface area (Å²) in [5.41, 5.74) is 9.86. The van der Waals surface area contributed by atoms with Gasteiger partial charge in [-0.2, -0.15) is 0 Å². The van der Waals surface area contributed by atoms with Crippen LogP contribution in [-0.2, 0) is 20.1 Å². The van der Waals surface area contributed by atoms with Crippen molar-refractivity contribution in [1.82, 2.24) is 0 Å². The molecule has 0 aliphatic carbocycles. The van der Waals surface area contributed by atoms with E-state index in [2.05, 4.69) is 0 Å². The van der Waals surface area contributed by atoms with E-state index >= 15 is 0 Å². The Hall–Kier alpha value is -2.67. The maximum Gasteiger partial charge on any atom is 0.258 e. The van der Waals surface area contributed by atoms with Crippen molar-refractivity contribution in [2.45, 2.75) is 12.2 Å². The molecule has 0 saturated carbocycles. The maximum atomic E-state index is 12.9. The molecule has 0 spiro atoms. The highest BCUT2D eigenvalue weighted by atomic mass is 16.7. The van der Waals surface area contributed by atoms with Gasteiger partial charge in [-0.1, -0.05) is 24.3 Å². The predicted octanol–water partition coefficient (Wildman–Crippen LogP) is 2.76. The van der Waals surface area contributed by atoms with Crippen molar-refractivity contribution in [3.8, 4) is 5.75 Å². The molecule has 4 rings (SSSR count). The van der Waals surface area contributed by atoms with Gasteiger partial charge in [0, 0.05) is 35.7 Å². The number of carbonyl (C=O) groups excluding carboxylic acids is 1. The molecule has 0 unspecified atom stereocenters. The molecule has 1 saturated heterocycles. The van der Waals surface area contributed by atoms with Gasteiger partial charge in [0.15, 0.2) is 5.79 Å². The van der Waals surface area contributed by atoms with Crippen LogP contribution in [0.5, 0.6) is 5.75 Å². The van der Waals surface area contributed by atoms with E-state index in [0.717, 1.165) is 28.1 Å². The van der Waals surface area contributed by atoms with Gasteiger partial charge in [0.1, 0.15) is 5.75 Å². The molecule has 2 aromatic carbocycles. The molecular formula is C22H24N2O4. The Morgan fingerprint density at radius 3 is 2.68 bits per heavy atom. The van der Waals surface area contributed by atoms with Gasteiger partial charge in [-0.3, -0.25) is 4.79 Å². The van der Waals surface area contributed by atoms with Crippen molar-refractivity contribution < 1.29 is 19.0 Å². The number of likely N-dealkylation sites (N-methyl/N-ethyl adjacent to an activating group) is 1. The fourth-order valence-corrected chi connectivity index (χ4v) is 3.87. The van der Waals surface area contributed by atoms with Gasteiger partial charge in [-0.25, -0.2) is 0 Å². The Morgan fingerprint density at radius 1 is 1.21 bits per heavy atom. The molecule has 2 aliphatic rings. The van der Waals surface area contributed by atoms with Gasteiger partial charge < -0.3 is 24.8 Å². The summed E-state index contributed by atoms with van der Waals surface area (Å²) >= 11 is 0. The summed E-state index contributed by atoms with van der Waals surface area (Å²) in [5, 5.41) is 0. The van der Waals surface area contributed by atoms with E-state index in [1.54, 1.807) is 19.1 Å². The molecule has 2 aromatic rings. The van der Waals surface area contributed by atoms with Crippen LogP contribution < -0.4 is 15.4 Å². The first kappa shape index (κ1) is 18.7. The summed E-state index contributed by atoms with van der Waals surface area (Å²) in [6, 6.07) is 13.5. The molecule has 6 heteroatoms. The zero-order valence-corrected chi connectivity index (χ0v) is 16.1. The van der Waals surface area contributed by atoms with Crippen LogP contribution in [0.4, 0.5) is 5.69 Å². The number of para-hydroxylation sites is 1. The van der Waals surface area contributed by atoms with E-state index in [0.29, 0.717) is 31.8 Å². The fourth-order valence-electron chi connectivity index (χ4n) is 3.87. The maximum absolute atomic E-state index is 12.9. The second kappa shape index (κ2) is 7.39. The number of anilines is 1. The zero-order valence-electron chi connectivity index (χ0n) is 16.1. The number of methoxy groups -OCH3 is 1. The van der Waals surface area contributed by atoms with Crippen LogP contribution >= 0.6 is 0 Å². The molecule has 0 bridgehead atoms. The van der Waals surface area contributed by atoms with Gasteiger partial charge in [0.05, 0.1) is 26.0 Å². The lowest BCUT2D eigenvalue weighted by Gasteiger charge is -2.28. The highest BCUT2D eigenvalue weighted by molar-refractivity contribution is 6.35. The van der Waals surface area contributed by atoms with Crippen LogP contribution in [-0.4, -0.2) is 39.8 Å². The van der Waals surface area contributed by atoms with Crippen LogP contribution in [0.25, 0.3) is 11.6 Å². The van der Waals surface area contributed by atoms with Crippen LogP contribution in [0.2, 0.25) is 0 Å². The molecule has 28 heavy (non-hydrogen) atoms. The van der Waals surface area contributed by atoms with E-state index in [9.17, 15) is 4.79 Å². The highest BCUT2D eigenvalue weighted by Gasteiger charge is 2.40. The first-order chi connectivity index (χ1) is 13.6. The van der Waals surface area contributed by atoms with Gasteiger partial charge >= 0.3 is 0 Å². The van der Waals surface area contributed by atoms with E-state index in [-0.39, 0.29) is 5.91 Å². The van der Waals surface area contributed by atoms with Crippen LogP contribution in [0, 0.1) is 0 Å². The molecule has 2 N–H and O–H groups in total. The number of fused-ring (bicyclic) bond motifs is 1. The third-order valence-corrected chi connectivity index (χ3v) is 5.29. The molecule has 1 fully saturated rings. The minimum atomic E-state index is -0.844. The Morgan fingerprint density at radius 2 is 1.96 bits per heavy atom. The normalized spacial score (nSPS) is 19.3. The van der Waals surface area contributed by atoms with E-state index in [4.69, 9.17) is 19.9 Å². The smallest absolute Gasteiger partial charge is 0.258 e. The molecule has 0 aromatic heterocycles. The van der Waals surface area contributed by atoms with Crippen molar-refractivity contribution in [1.29, 1.82) is 0 Å². The lowest BCUT2D eigenvalue weighted by Crippen LogP contribution is -2.30. The summed E-state index contributed by atoms with van der Waals surface area (Å²) in [7, 11) is 3.40. The van der Waals surface area contributed by atoms with Crippen molar-refractivity contribution in [3.63, 3.8) is 0 Å². The van der Waals surface area contributed by atoms with Crippen molar-refractivity contribution >= 4 is 23.2 Å². The minimum absolute atomic E-state index is 0.0563. The number of hydrogen-bond donors (Lipinski definition) is 1. The first-order valence-electron chi connectivity index (χ1n) is 9.35. The Labute approximate surface area is 164 Å². The van der Waals surface area contributed by atoms with Crippen molar-refractivity contribution in [2.24, 2.45) is 5.73 Å². The Kier molecular flexibility index (Phi) is 4.93. The molecule has 2 aliphatic heterocycles. The Bertz CT molecular complexity index is 932. The third kappa shape index (κ3) is 2.99. The second-order valence-electron chi connectivity index (χ2n) is 6.88. The summed E-state index contributed by atoms with van der Waals surface area (Å²) in [6.45, 7) is 1.50. The summed E-state index contributed by atoms with van der Waals surface area (Å²) < 4.78 is 17.3. The monoisotopic (exact) mass is 380 g/mol. The van der Waals surface area contributed by atoms with Gasteiger partial charge in [-0.15, -0.1) is 0 Å². The summed E-state index contributed by atoms with van der Waals surface area (Å²) in [4.78, 5) is 14.6. The number of nitrogens with two attached hydrogens (primary N) is 1. The lowest BCUT2D eigenvalue weighted by molar-refractivity contribution is -0.168. The second-order valence-corrected chi connectivity index (χ2v) is 6.88. The fraction of sp³-hybridized carbons (Fsp3) is 0.318. The van der Waals surface area contributed by atoms with Crippen molar-refractivity contribution in [2.75, 3.05) is 38.8 Å². The number of nitrogens with zero attached hydrogens (tertiary/aromatic N) is 1. The largest absolute Gasteiger partial charge is 0.496 e. The first-order valence-corrected chi connectivity index (χ1v) is 9.35. The lowest BCUT2D eigenvalue weighted by atomic mass is 9.96. The summed E-state index contributed by atoms with van der Waals surface area (Å²) in [5.74, 6) is -0.180. The molecular weight excluding hydrogens is 356 g/mol. The van der Waals surface area contributed by atoms with Crippen molar-refractivity contribution in [3.05, 3.63) is 59.2 Å². The molecule has 2 heterocycles. The average Bonchev–Trinajstić information content (AvgIpc) is 3.28. The number of ether oxygens (including phenoxy) is 3. The predicted molar refractivity (Wildman–Crippen MR) is 108 cm³/mol. The molecule has 0 atom stereocenters. The van der Waals surface area contributed by atoms with Crippen LogP contribution in [0.3, 0.4) is 0 Å². The Balaban J connectivity index is 1.83. The minimum Gasteiger partial charge on any atom is -0.496 e. The zero-order chi connectivity index (χ0) is 19.7. The van der Waals surface area contributed by atoms with E-state index < -0.39 is 5.79 Å². The van der Waals surface area contributed by atoms with Gasteiger partial charge in [-0.05, 0) is 30.8 Å². The van der Waals surface area contributed by atoms with E-state index in [1.807, 2.05) is 48.5 Å². The average molecular weight is 380 g/mol.